The second-order valence-electron chi connectivity index (χ2n) is 7.49. The van der Waals surface area contributed by atoms with Crippen molar-refractivity contribution in [1.29, 1.82) is 0 Å². The van der Waals surface area contributed by atoms with Crippen molar-refractivity contribution in [3.63, 3.8) is 0 Å². The molecule has 9 nitrogen and oxygen atoms in total. The number of hydrogen-bond donors (Lipinski definition) is 2. The van der Waals surface area contributed by atoms with Gasteiger partial charge in [-0.2, -0.15) is 17.6 Å². The molecule has 2 aliphatic heterocycles. The van der Waals surface area contributed by atoms with Crippen LogP contribution in [-0.4, -0.2) is 41.6 Å². The van der Waals surface area contributed by atoms with Crippen LogP contribution in [0.5, 0.6) is 5.75 Å². The van der Waals surface area contributed by atoms with E-state index in [1.807, 2.05) is 30.3 Å². The molecular weight excluding hydrogens is 418 g/mol. The van der Waals surface area contributed by atoms with Gasteiger partial charge in [-0.1, -0.05) is 30.3 Å². The van der Waals surface area contributed by atoms with E-state index in [0.717, 1.165) is 9.65 Å². The Morgan fingerprint density at radius 1 is 1.16 bits per heavy atom. The number of aromatic nitrogens is 2. The van der Waals surface area contributed by atoms with Gasteiger partial charge in [0.15, 0.2) is 0 Å². The first-order chi connectivity index (χ1) is 14.9. The summed E-state index contributed by atoms with van der Waals surface area (Å²) in [5, 5.41) is 7.39. The Morgan fingerprint density at radius 3 is 2.74 bits per heavy atom. The maximum absolute atomic E-state index is 13.1. The normalized spacial score (nSPS) is 16.1. The zero-order valence-electron chi connectivity index (χ0n) is 16.6. The predicted octanol–water partition coefficient (Wildman–Crippen LogP) is 1.47. The molecule has 2 aromatic carbocycles. The highest BCUT2D eigenvalue weighted by Gasteiger charge is 2.32. The molecule has 1 unspecified atom stereocenters. The van der Waals surface area contributed by atoms with E-state index in [1.165, 1.54) is 12.3 Å². The lowest BCUT2D eigenvalue weighted by Gasteiger charge is -2.21. The monoisotopic (exact) mass is 439 g/mol. The summed E-state index contributed by atoms with van der Waals surface area (Å²) in [5.74, 6) is 0.399. The van der Waals surface area contributed by atoms with Gasteiger partial charge in [0, 0.05) is 24.8 Å². The number of anilines is 1. The molecule has 0 aliphatic carbocycles. The Bertz CT molecular complexity index is 1230. The SMILES string of the molecule is NC(C(=O)N1Cc2cn(S(=O)(=O)c3ccc4c(c3)NCCO4)nc2C1)c1ccccc1. The lowest BCUT2D eigenvalue weighted by Crippen LogP contribution is -2.35. The van der Waals surface area contributed by atoms with Crippen LogP contribution < -0.4 is 15.8 Å². The summed E-state index contributed by atoms with van der Waals surface area (Å²) < 4.78 is 32.6. The largest absolute Gasteiger partial charge is 0.490 e. The van der Waals surface area contributed by atoms with Gasteiger partial charge in [-0.25, -0.2) is 0 Å². The van der Waals surface area contributed by atoms with Gasteiger partial charge in [-0.15, -0.1) is 0 Å². The number of carbonyl (C=O) groups excluding carboxylic acids is 1. The van der Waals surface area contributed by atoms with E-state index in [1.54, 1.807) is 17.0 Å². The fourth-order valence-corrected chi connectivity index (χ4v) is 4.99. The van der Waals surface area contributed by atoms with Gasteiger partial charge in [0.25, 0.3) is 10.0 Å². The van der Waals surface area contributed by atoms with Gasteiger partial charge in [0.2, 0.25) is 5.91 Å². The van der Waals surface area contributed by atoms with Crippen LogP contribution in [0.3, 0.4) is 0 Å². The summed E-state index contributed by atoms with van der Waals surface area (Å²) in [4.78, 5) is 14.5. The average Bonchev–Trinajstić information content (AvgIpc) is 3.38. The second kappa shape index (κ2) is 7.40. The van der Waals surface area contributed by atoms with Crippen molar-refractivity contribution < 1.29 is 17.9 Å². The fourth-order valence-electron chi connectivity index (χ4n) is 3.79. The third-order valence-electron chi connectivity index (χ3n) is 5.46. The summed E-state index contributed by atoms with van der Waals surface area (Å²) in [5.41, 5.74) is 8.74. The molecule has 10 heteroatoms. The number of hydrogen-bond acceptors (Lipinski definition) is 7. The fraction of sp³-hybridized carbons (Fsp3) is 0.238. The zero-order chi connectivity index (χ0) is 21.6. The molecule has 3 aromatic rings. The minimum absolute atomic E-state index is 0.115. The van der Waals surface area contributed by atoms with Crippen LogP contribution in [0.25, 0.3) is 0 Å². The minimum Gasteiger partial charge on any atom is -0.490 e. The number of benzene rings is 2. The topological polar surface area (TPSA) is 120 Å². The predicted molar refractivity (Wildman–Crippen MR) is 113 cm³/mol. The summed E-state index contributed by atoms with van der Waals surface area (Å²) >= 11 is 0. The third kappa shape index (κ3) is 3.43. The van der Waals surface area contributed by atoms with Gasteiger partial charge in [-0.3, -0.25) is 4.79 Å². The number of nitrogens with zero attached hydrogens (tertiary/aromatic N) is 3. The van der Waals surface area contributed by atoms with Crippen molar-refractivity contribution in [3.05, 3.63) is 71.5 Å². The Morgan fingerprint density at radius 2 is 1.97 bits per heavy atom. The Hall–Kier alpha value is -3.37. The van der Waals surface area contributed by atoms with E-state index < -0.39 is 16.1 Å². The van der Waals surface area contributed by atoms with E-state index in [0.29, 0.717) is 35.8 Å². The lowest BCUT2D eigenvalue weighted by molar-refractivity contribution is -0.133. The van der Waals surface area contributed by atoms with Crippen molar-refractivity contribution in [2.45, 2.75) is 24.0 Å². The van der Waals surface area contributed by atoms with Crippen molar-refractivity contribution in [1.82, 2.24) is 14.1 Å². The Balaban J connectivity index is 1.35. The molecule has 31 heavy (non-hydrogen) atoms. The van der Waals surface area contributed by atoms with Crippen LogP contribution in [0, 0.1) is 0 Å². The van der Waals surface area contributed by atoms with E-state index in [9.17, 15) is 13.2 Å². The summed E-state index contributed by atoms with van der Waals surface area (Å²) in [6, 6.07) is 13.1. The number of nitrogens with two attached hydrogens (primary N) is 1. The van der Waals surface area contributed by atoms with Gasteiger partial charge >= 0.3 is 0 Å². The van der Waals surface area contributed by atoms with Crippen molar-refractivity contribution >= 4 is 21.6 Å². The maximum Gasteiger partial charge on any atom is 0.283 e. The highest BCUT2D eigenvalue weighted by atomic mass is 32.2. The van der Waals surface area contributed by atoms with Crippen LogP contribution in [-0.2, 0) is 27.9 Å². The van der Waals surface area contributed by atoms with Gasteiger partial charge in [0.05, 0.1) is 22.8 Å². The number of rotatable bonds is 4. The molecule has 1 atom stereocenters. The molecule has 3 N–H and O–H groups in total. The highest BCUT2D eigenvalue weighted by Crippen LogP contribution is 2.31. The van der Waals surface area contributed by atoms with Crippen molar-refractivity contribution in [3.8, 4) is 5.75 Å². The third-order valence-corrected chi connectivity index (χ3v) is 6.99. The molecule has 3 heterocycles. The molecule has 0 fully saturated rings. The van der Waals surface area contributed by atoms with E-state index >= 15 is 0 Å². The molecule has 0 radical (unpaired) electrons. The summed E-state index contributed by atoms with van der Waals surface area (Å²) in [6.07, 6.45) is 1.47. The molecule has 5 rings (SSSR count). The molecule has 1 aromatic heterocycles. The second-order valence-corrected chi connectivity index (χ2v) is 9.29. The lowest BCUT2D eigenvalue weighted by atomic mass is 10.1. The molecular formula is C21H21N5O4S. The zero-order valence-corrected chi connectivity index (χ0v) is 17.4. The first kappa shape index (κ1) is 19.6. The van der Waals surface area contributed by atoms with Gasteiger partial charge < -0.3 is 20.7 Å². The maximum atomic E-state index is 13.1. The number of ether oxygens (including phenoxy) is 1. The Labute approximate surface area is 179 Å². The number of fused-ring (bicyclic) bond motifs is 2. The molecule has 0 bridgehead atoms. The van der Waals surface area contributed by atoms with Crippen LogP contribution in [0.1, 0.15) is 22.9 Å². The minimum atomic E-state index is -3.87. The van der Waals surface area contributed by atoms with Crippen LogP contribution in [0.4, 0.5) is 5.69 Å². The van der Waals surface area contributed by atoms with Crippen LogP contribution >= 0.6 is 0 Å². The van der Waals surface area contributed by atoms with E-state index in [2.05, 4.69) is 10.4 Å². The van der Waals surface area contributed by atoms with Crippen LogP contribution in [0.15, 0.2) is 59.6 Å². The first-order valence-corrected chi connectivity index (χ1v) is 11.3. The van der Waals surface area contributed by atoms with E-state index in [-0.39, 0.29) is 23.9 Å². The summed E-state index contributed by atoms with van der Waals surface area (Å²) in [6.45, 7) is 1.64. The molecule has 0 saturated carbocycles. The number of amides is 1. The van der Waals surface area contributed by atoms with Crippen molar-refractivity contribution in [2.24, 2.45) is 5.73 Å². The van der Waals surface area contributed by atoms with Gasteiger partial charge in [0.1, 0.15) is 18.4 Å². The quantitative estimate of drug-likeness (QED) is 0.632. The number of carbonyl (C=O) groups is 1. The van der Waals surface area contributed by atoms with Crippen LogP contribution in [0.2, 0.25) is 0 Å². The van der Waals surface area contributed by atoms with E-state index in [4.69, 9.17) is 10.5 Å². The van der Waals surface area contributed by atoms with Gasteiger partial charge in [-0.05, 0) is 23.8 Å². The summed E-state index contributed by atoms with van der Waals surface area (Å²) in [7, 11) is -3.87. The molecule has 1 amide bonds. The molecule has 2 aliphatic rings. The molecule has 160 valence electrons. The first-order valence-electron chi connectivity index (χ1n) is 9.86. The standard InChI is InChI=1S/C21H21N5O4S/c22-20(14-4-2-1-3-5-14)21(27)25-11-15-12-26(24-18(15)13-25)31(28,29)16-6-7-19-17(10-16)23-8-9-30-19/h1-7,10,12,20,23H,8-9,11,13,22H2. The highest BCUT2D eigenvalue weighted by molar-refractivity contribution is 7.89. The molecule has 0 saturated heterocycles. The Kier molecular flexibility index (Phi) is 4.67. The smallest absolute Gasteiger partial charge is 0.283 e. The van der Waals surface area contributed by atoms with Crippen molar-refractivity contribution in [2.75, 3.05) is 18.5 Å². The average molecular weight is 439 g/mol. The number of nitrogens with one attached hydrogen (secondary N) is 1. The molecule has 0 spiro atoms.